The Labute approximate surface area is 82.8 Å². The Morgan fingerprint density at radius 1 is 1.46 bits per heavy atom. The minimum Gasteiger partial charge on any atom is -0.379 e. The molecule has 0 saturated carbocycles. The molecule has 0 aromatic rings. The highest BCUT2D eigenvalue weighted by molar-refractivity contribution is 7.93. The number of nitrogens with zero attached hydrogens (tertiary/aromatic N) is 1. The fourth-order valence-corrected chi connectivity index (χ4v) is 2.75. The van der Waals surface area contributed by atoms with E-state index >= 15 is 0 Å². The molecule has 1 aliphatic heterocycles. The highest BCUT2D eigenvalue weighted by Crippen LogP contribution is 2.05. The molecule has 6 heteroatoms. The highest BCUT2D eigenvalue weighted by Gasteiger charge is 2.16. The number of halogens is 1. The van der Waals surface area contributed by atoms with Gasteiger partial charge >= 0.3 is 0 Å². The average molecular weight is 226 g/mol. The highest BCUT2D eigenvalue weighted by atomic mass is 35.5. The molecule has 1 amide bonds. The summed E-state index contributed by atoms with van der Waals surface area (Å²) in [6, 6.07) is 0. The van der Waals surface area contributed by atoms with E-state index in [-0.39, 0.29) is 18.2 Å². The lowest BCUT2D eigenvalue weighted by molar-refractivity contribution is -0.117. The molecule has 0 aromatic heterocycles. The maximum atomic E-state index is 11.8. The molecule has 0 radical (unpaired) electrons. The molecule has 1 saturated heterocycles. The molecule has 1 rings (SSSR count). The second-order valence-electron chi connectivity index (χ2n) is 2.72. The lowest BCUT2D eigenvalue weighted by atomic mass is 10.5. The number of amides is 1. The van der Waals surface area contributed by atoms with E-state index in [1.54, 1.807) is 0 Å². The van der Waals surface area contributed by atoms with Crippen molar-refractivity contribution in [2.24, 2.45) is 4.36 Å². The van der Waals surface area contributed by atoms with Gasteiger partial charge in [-0.2, -0.15) is 4.36 Å². The first-order chi connectivity index (χ1) is 6.16. The fraction of sp³-hybridized carbons (Fsp3) is 0.857. The Morgan fingerprint density at radius 3 is 2.62 bits per heavy atom. The molecule has 13 heavy (non-hydrogen) atoms. The first kappa shape index (κ1) is 10.9. The van der Waals surface area contributed by atoms with Gasteiger partial charge in [-0.05, 0) is 0 Å². The summed E-state index contributed by atoms with van der Waals surface area (Å²) in [5.74, 6) is 0.595. The van der Waals surface area contributed by atoms with Crippen molar-refractivity contribution in [3.63, 3.8) is 0 Å². The molecule has 4 nitrogen and oxygen atoms in total. The summed E-state index contributed by atoms with van der Waals surface area (Å²) >= 11 is 5.36. The first-order valence-corrected chi connectivity index (χ1v) is 6.44. The summed E-state index contributed by atoms with van der Waals surface area (Å²) in [5.41, 5.74) is 0. The number of carbonyl (C=O) groups is 1. The van der Waals surface area contributed by atoms with E-state index in [2.05, 4.69) is 4.36 Å². The molecule has 0 aromatic carbocycles. The zero-order valence-corrected chi connectivity index (χ0v) is 8.77. The van der Waals surface area contributed by atoms with Crippen molar-refractivity contribution >= 4 is 27.2 Å². The van der Waals surface area contributed by atoms with E-state index in [9.17, 15) is 9.00 Å². The zero-order valence-electron chi connectivity index (χ0n) is 7.20. The number of carbonyl (C=O) groups excluding carboxylic acids is 1. The van der Waals surface area contributed by atoms with E-state index in [0.29, 0.717) is 24.7 Å². The summed E-state index contributed by atoms with van der Waals surface area (Å²) in [7, 11) is -2.32. The van der Waals surface area contributed by atoms with Gasteiger partial charge in [0.05, 0.1) is 34.4 Å². The Morgan fingerprint density at radius 2 is 2.08 bits per heavy atom. The quantitative estimate of drug-likeness (QED) is 0.648. The summed E-state index contributed by atoms with van der Waals surface area (Å²) in [5, 5.41) is 0. The van der Waals surface area contributed by atoms with Crippen LogP contribution in [0.25, 0.3) is 0 Å². The van der Waals surface area contributed by atoms with E-state index in [1.807, 2.05) is 0 Å². The summed E-state index contributed by atoms with van der Waals surface area (Å²) in [6.07, 6.45) is 0.166. The van der Waals surface area contributed by atoms with Crippen LogP contribution in [-0.2, 0) is 19.3 Å². The van der Waals surface area contributed by atoms with Crippen molar-refractivity contribution in [2.45, 2.75) is 6.42 Å². The largest absolute Gasteiger partial charge is 0.379 e. The van der Waals surface area contributed by atoms with E-state index < -0.39 is 9.73 Å². The number of alkyl halides is 1. The van der Waals surface area contributed by atoms with Crippen LogP contribution in [0.2, 0.25) is 0 Å². The monoisotopic (exact) mass is 225 g/mol. The second-order valence-corrected chi connectivity index (χ2v) is 5.64. The molecule has 76 valence electrons. The molecular weight excluding hydrogens is 214 g/mol. The van der Waals surface area contributed by atoms with Crippen LogP contribution in [0.3, 0.4) is 0 Å². The summed E-state index contributed by atoms with van der Waals surface area (Å²) in [4.78, 5) is 11.0. The van der Waals surface area contributed by atoms with Crippen molar-refractivity contribution in [1.82, 2.24) is 0 Å². The predicted octanol–water partition coefficient (Wildman–Crippen LogP) is 0.640. The topological polar surface area (TPSA) is 55.7 Å². The molecular formula is C7H12ClNO3S. The lowest BCUT2D eigenvalue weighted by Gasteiger charge is -2.15. The first-order valence-electron chi connectivity index (χ1n) is 4.05. The standard InChI is InChI=1S/C7H12ClNO3S/c8-2-1-7(10)9-13(11)5-3-12-4-6-13/h1-6H2. The van der Waals surface area contributed by atoms with Gasteiger partial charge in [-0.1, -0.05) is 0 Å². The third-order valence-electron chi connectivity index (χ3n) is 1.67. The maximum absolute atomic E-state index is 11.8. The van der Waals surface area contributed by atoms with Gasteiger partial charge in [-0.15, -0.1) is 11.6 Å². The van der Waals surface area contributed by atoms with Gasteiger partial charge in [0.25, 0.3) is 5.91 Å². The van der Waals surface area contributed by atoms with Gasteiger partial charge in [0, 0.05) is 12.3 Å². The third-order valence-corrected chi connectivity index (χ3v) is 4.00. The average Bonchev–Trinajstić information content (AvgIpc) is 2.04. The Kier molecular flexibility index (Phi) is 4.15. The van der Waals surface area contributed by atoms with E-state index in [4.69, 9.17) is 16.3 Å². The van der Waals surface area contributed by atoms with Gasteiger partial charge in [0.1, 0.15) is 0 Å². The Bertz CT molecular complexity index is 284. The fourth-order valence-electron chi connectivity index (χ4n) is 0.986. The third kappa shape index (κ3) is 3.62. The van der Waals surface area contributed by atoms with Crippen LogP contribution in [0.15, 0.2) is 4.36 Å². The normalized spacial score (nSPS) is 21.0. The van der Waals surface area contributed by atoms with Crippen LogP contribution in [-0.4, -0.2) is 40.7 Å². The molecule has 0 bridgehead atoms. The predicted molar refractivity (Wildman–Crippen MR) is 51.5 cm³/mol. The molecule has 0 unspecified atom stereocenters. The van der Waals surface area contributed by atoms with Crippen LogP contribution >= 0.6 is 11.6 Å². The second kappa shape index (κ2) is 4.93. The maximum Gasteiger partial charge on any atom is 0.254 e. The van der Waals surface area contributed by atoms with Crippen LogP contribution in [0, 0.1) is 0 Å². The summed E-state index contributed by atoms with van der Waals surface area (Å²) in [6.45, 7) is 0.854. The molecule has 0 spiro atoms. The number of hydrogen-bond donors (Lipinski definition) is 0. The SMILES string of the molecule is O=C(CCCl)N=S1(=O)CCOCC1. The van der Waals surface area contributed by atoms with Gasteiger partial charge in [-0.3, -0.25) is 4.79 Å². The number of rotatable bonds is 2. The van der Waals surface area contributed by atoms with Crippen molar-refractivity contribution < 1.29 is 13.7 Å². The minimum absolute atomic E-state index is 0.166. The van der Waals surface area contributed by atoms with Crippen LogP contribution in [0.1, 0.15) is 6.42 Å². The zero-order chi connectivity index (χ0) is 9.73. The summed E-state index contributed by atoms with van der Waals surface area (Å²) < 4.78 is 20.5. The molecule has 1 fully saturated rings. The van der Waals surface area contributed by atoms with Gasteiger partial charge in [-0.25, -0.2) is 4.21 Å². The van der Waals surface area contributed by atoms with Crippen molar-refractivity contribution in [1.29, 1.82) is 0 Å². The van der Waals surface area contributed by atoms with Crippen LogP contribution in [0.4, 0.5) is 0 Å². The lowest BCUT2D eigenvalue weighted by Crippen LogP contribution is -2.26. The van der Waals surface area contributed by atoms with Crippen LogP contribution < -0.4 is 0 Å². The molecule has 0 atom stereocenters. The molecule has 1 heterocycles. The Balaban J connectivity index is 2.66. The Hall–Kier alpha value is -0.130. The minimum atomic E-state index is -2.32. The molecule has 1 aliphatic rings. The van der Waals surface area contributed by atoms with Gasteiger partial charge in [0.15, 0.2) is 0 Å². The van der Waals surface area contributed by atoms with Gasteiger partial charge < -0.3 is 4.74 Å². The number of ether oxygens (including phenoxy) is 1. The molecule has 0 aliphatic carbocycles. The van der Waals surface area contributed by atoms with E-state index in [0.717, 1.165) is 0 Å². The molecule has 0 N–H and O–H groups in total. The van der Waals surface area contributed by atoms with Crippen molar-refractivity contribution in [2.75, 3.05) is 30.6 Å². The smallest absolute Gasteiger partial charge is 0.254 e. The van der Waals surface area contributed by atoms with Crippen molar-refractivity contribution in [3.8, 4) is 0 Å². The van der Waals surface area contributed by atoms with E-state index in [1.165, 1.54) is 0 Å². The van der Waals surface area contributed by atoms with Crippen LogP contribution in [0.5, 0.6) is 0 Å². The van der Waals surface area contributed by atoms with Crippen molar-refractivity contribution in [3.05, 3.63) is 0 Å². The van der Waals surface area contributed by atoms with Gasteiger partial charge in [0.2, 0.25) is 0 Å². The number of hydrogen-bond acceptors (Lipinski definition) is 3.